The first-order valence-electron chi connectivity index (χ1n) is 12.7. The number of nitrogens with one attached hydrogen (secondary N) is 1. The molecule has 5 rings (SSSR count). The van der Waals surface area contributed by atoms with Crippen LogP contribution in [0, 0.1) is 11.3 Å². The predicted molar refractivity (Wildman–Crippen MR) is 133 cm³/mol. The van der Waals surface area contributed by atoms with Crippen LogP contribution in [0.15, 0.2) is 36.4 Å². The van der Waals surface area contributed by atoms with Crippen molar-refractivity contribution in [3.8, 4) is 11.3 Å². The summed E-state index contributed by atoms with van der Waals surface area (Å²) in [7, 11) is 2.18. The molecule has 176 valence electrons. The molecule has 2 aliphatic carbocycles. The van der Waals surface area contributed by atoms with Crippen LogP contribution >= 0.6 is 0 Å². The van der Waals surface area contributed by atoms with Crippen LogP contribution < -0.4 is 10.2 Å². The van der Waals surface area contributed by atoms with Gasteiger partial charge in [0.05, 0.1) is 5.69 Å². The minimum Gasteiger partial charge on any atom is -0.355 e. The van der Waals surface area contributed by atoms with Crippen LogP contribution in [0.2, 0.25) is 0 Å². The van der Waals surface area contributed by atoms with Gasteiger partial charge >= 0.3 is 0 Å². The van der Waals surface area contributed by atoms with Crippen LogP contribution in [0.4, 0.5) is 11.5 Å². The molecule has 0 bridgehead atoms. The molecule has 33 heavy (non-hydrogen) atoms. The molecule has 3 aliphatic rings. The van der Waals surface area contributed by atoms with Gasteiger partial charge in [-0.3, -0.25) is 4.79 Å². The number of benzene rings is 1. The van der Waals surface area contributed by atoms with Crippen molar-refractivity contribution < 1.29 is 4.79 Å². The first kappa shape index (κ1) is 22.3. The topological polar surface area (TPSA) is 61.4 Å². The fourth-order valence-corrected chi connectivity index (χ4v) is 6.08. The summed E-state index contributed by atoms with van der Waals surface area (Å²) in [5, 5.41) is 11.8. The maximum atomic E-state index is 11.2. The zero-order valence-electron chi connectivity index (χ0n) is 20.1. The summed E-state index contributed by atoms with van der Waals surface area (Å²) in [5.41, 5.74) is 3.12. The van der Waals surface area contributed by atoms with E-state index >= 15 is 0 Å². The molecule has 0 unspecified atom stereocenters. The van der Waals surface area contributed by atoms with Crippen LogP contribution in [0.3, 0.4) is 0 Å². The van der Waals surface area contributed by atoms with Gasteiger partial charge in [-0.25, -0.2) is 0 Å². The average Bonchev–Trinajstić information content (AvgIpc) is 3.54. The maximum Gasteiger partial charge on any atom is 0.221 e. The normalized spacial score (nSPS) is 22.8. The summed E-state index contributed by atoms with van der Waals surface area (Å²) in [6.45, 7) is 5.37. The van der Waals surface area contributed by atoms with E-state index in [4.69, 9.17) is 0 Å². The van der Waals surface area contributed by atoms with Crippen molar-refractivity contribution in [2.75, 3.05) is 36.9 Å². The first-order valence-corrected chi connectivity index (χ1v) is 12.7. The SMILES string of the molecule is CC(=O)Nc1ccc(-c2ccc(N(C)[C@@H]3CC34CCN(CC3CCCCC3)CC4)nn2)cc1. The van der Waals surface area contributed by atoms with E-state index in [0.29, 0.717) is 11.5 Å². The Morgan fingerprint density at radius 3 is 2.42 bits per heavy atom. The lowest BCUT2D eigenvalue weighted by atomic mass is 9.87. The van der Waals surface area contributed by atoms with E-state index in [1.807, 2.05) is 30.3 Å². The molecule has 6 nitrogen and oxygen atoms in total. The van der Waals surface area contributed by atoms with Crippen molar-refractivity contribution in [1.82, 2.24) is 15.1 Å². The Kier molecular flexibility index (Phi) is 6.37. The number of piperidine rings is 1. The number of carbonyl (C=O) groups excluding carboxylic acids is 1. The molecule has 1 aromatic carbocycles. The zero-order valence-corrected chi connectivity index (χ0v) is 20.1. The largest absolute Gasteiger partial charge is 0.355 e. The van der Waals surface area contributed by atoms with Gasteiger partial charge in [-0.1, -0.05) is 31.4 Å². The third kappa shape index (κ3) is 5.06. The third-order valence-electron chi connectivity index (χ3n) is 8.22. The second kappa shape index (κ2) is 9.41. The van der Waals surface area contributed by atoms with E-state index < -0.39 is 0 Å². The van der Waals surface area contributed by atoms with Crippen LogP contribution in [0.5, 0.6) is 0 Å². The lowest BCUT2D eigenvalue weighted by molar-refractivity contribution is -0.114. The van der Waals surface area contributed by atoms with Gasteiger partial charge in [0.1, 0.15) is 0 Å². The number of hydrogen-bond donors (Lipinski definition) is 1. The van der Waals surface area contributed by atoms with Crippen molar-refractivity contribution in [2.24, 2.45) is 11.3 Å². The van der Waals surface area contributed by atoms with Crippen molar-refractivity contribution in [3.63, 3.8) is 0 Å². The molecule has 1 aliphatic heterocycles. The lowest BCUT2D eigenvalue weighted by Gasteiger charge is -2.37. The molecule has 0 radical (unpaired) electrons. The van der Waals surface area contributed by atoms with Crippen molar-refractivity contribution in [3.05, 3.63) is 36.4 Å². The average molecular weight is 448 g/mol. The second-order valence-electron chi connectivity index (χ2n) is 10.5. The number of likely N-dealkylation sites (tertiary alicyclic amines) is 1. The van der Waals surface area contributed by atoms with Crippen molar-refractivity contribution in [2.45, 2.75) is 64.3 Å². The monoisotopic (exact) mass is 447 g/mol. The molecule has 1 N–H and O–H groups in total. The minimum atomic E-state index is -0.0670. The van der Waals surface area contributed by atoms with E-state index in [0.717, 1.165) is 28.7 Å². The van der Waals surface area contributed by atoms with Gasteiger partial charge in [0.15, 0.2) is 5.82 Å². The maximum absolute atomic E-state index is 11.2. The summed E-state index contributed by atoms with van der Waals surface area (Å²) in [5.74, 6) is 1.84. The molecule has 3 fully saturated rings. The van der Waals surface area contributed by atoms with E-state index in [1.54, 1.807) is 0 Å². The number of amides is 1. The van der Waals surface area contributed by atoms with Crippen LogP contribution in [0.25, 0.3) is 11.3 Å². The predicted octanol–water partition coefficient (Wildman–Crippen LogP) is 4.97. The quantitative estimate of drug-likeness (QED) is 0.677. The van der Waals surface area contributed by atoms with Gasteiger partial charge in [0.25, 0.3) is 0 Å². The second-order valence-corrected chi connectivity index (χ2v) is 10.5. The molecule has 1 saturated heterocycles. The van der Waals surface area contributed by atoms with Crippen LogP contribution in [-0.2, 0) is 4.79 Å². The van der Waals surface area contributed by atoms with E-state index in [1.165, 1.54) is 77.9 Å². The van der Waals surface area contributed by atoms with Gasteiger partial charge in [-0.05, 0) is 80.8 Å². The fraction of sp³-hybridized carbons (Fsp3) is 0.593. The third-order valence-corrected chi connectivity index (χ3v) is 8.22. The van der Waals surface area contributed by atoms with E-state index in [2.05, 4.69) is 38.4 Å². The number of aromatic nitrogens is 2. The highest BCUT2D eigenvalue weighted by atomic mass is 16.1. The number of hydrogen-bond acceptors (Lipinski definition) is 5. The zero-order chi connectivity index (χ0) is 22.8. The van der Waals surface area contributed by atoms with E-state index in [9.17, 15) is 4.79 Å². The van der Waals surface area contributed by atoms with Gasteiger partial charge in [0.2, 0.25) is 5.91 Å². The number of rotatable bonds is 6. The Labute approximate surface area is 197 Å². The summed E-state index contributed by atoms with van der Waals surface area (Å²) >= 11 is 0. The summed E-state index contributed by atoms with van der Waals surface area (Å²) < 4.78 is 0. The Hall–Kier alpha value is -2.47. The number of carbonyl (C=O) groups is 1. The van der Waals surface area contributed by atoms with Gasteiger partial charge < -0.3 is 15.1 Å². The smallest absolute Gasteiger partial charge is 0.221 e. The highest BCUT2D eigenvalue weighted by Gasteiger charge is 2.57. The Morgan fingerprint density at radius 2 is 1.79 bits per heavy atom. The number of anilines is 2. The molecule has 6 heteroatoms. The minimum absolute atomic E-state index is 0.0670. The highest BCUT2D eigenvalue weighted by Crippen LogP contribution is 2.56. The van der Waals surface area contributed by atoms with Gasteiger partial charge in [-0.15, -0.1) is 10.2 Å². The standard InChI is InChI=1S/C27H37N5O/c1-20(33)28-23-10-8-22(9-11-23)24-12-13-26(30-29-24)31(2)25-18-27(25)14-16-32(17-15-27)19-21-6-4-3-5-7-21/h8-13,21,25H,3-7,14-19H2,1-2H3,(H,28,33)/t25-/m1/s1. The summed E-state index contributed by atoms with van der Waals surface area (Å²) in [4.78, 5) is 16.3. The lowest BCUT2D eigenvalue weighted by Crippen LogP contribution is -2.40. The van der Waals surface area contributed by atoms with Crippen LogP contribution in [0.1, 0.15) is 58.3 Å². The molecule has 2 heterocycles. The molecular weight excluding hydrogens is 410 g/mol. The molecule has 1 spiro atoms. The molecule has 2 saturated carbocycles. The van der Waals surface area contributed by atoms with Crippen LogP contribution in [-0.4, -0.2) is 53.7 Å². The molecule has 1 amide bonds. The van der Waals surface area contributed by atoms with Crippen molar-refractivity contribution in [1.29, 1.82) is 0 Å². The highest BCUT2D eigenvalue weighted by molar-refractivity contribution is 5.88. The Balaban J connectivity index is 1.15. The Morgan fingerprint density at radius 1 is 1.06 bits per heavy atom. The summed E-state index contributed by atoms with van der Waals surface area (Å²) in [6, 6.07) is 12.5. The molecule has 2 aromatic rings. The summed E-state index contributed by atoms with van der Waals surface area (Å²) in [6.07, 6.45) is 11.1. The first-order chi connectivity index (χ1) is 16.0. The fourth-order valence-electron chi connectivity index (χ4n) is 6.08. The van der Waals surface area contributed by atoms with E-state index in [-0.39, 0.29) is 5.91 Å². The number of nitrogens with zero attached hydrogens (tertiary/aromatic N) is 4. The van der Waals surface area contributed by atoms with Gasteiger partial charge in [-0.2, -0.15) is 0 Å². The molecular formula is C27H37N5O. The van der Waals surface area contributed by atoms with Crippen molar-refractivity contribution >= 4 is 17.4 Å². The molecule has 1 aromatic heterocycles. The molecule has 1 atom stereocenters. The van der Waals surface area contributed by atoms with Gasteiger partial charge in [0, 0.05) is 37.8 Å². The Bertz CT molecular complexity index is 943.